The van der Waals surface area contributed by atoms with Crippen LogP contribution in [0.15, 0.2) is 57.6 Å². The Bertz CT molecular complexity index is 1060. The molecular weight excluding hydrogens is 402 g/mol. The van der Waals surface area contributed by atoms with Crippen molar-refractivity contribution in [1.82, 2.24) is 10.4 Å². The van der Waals surface area contributed by atoms with E-state index in [4.69, 9.17) is 9.15 Å². The average Bonchev–Trinajstić information content (AvgIpc) is 3.33. The number of carbonyl (C=O) groups excluding carboxylic acids is 1. The fourth-order valence-electron chi connectivity index (χ4n) is 2.24. The highest BCUT2D eigenvalue weighted by Gasteiger charge is 2.18. The van der Waals surface area contributed by atoms with E-state index in [0.29, 0.717) is 10.8 Å². The number of nitrogens with zero attached hydrogens (tertiary/aromatic N) is 2. The lowest BCUT2D eigenvalue weighted by molar-refractivity contribution is 0.0950. The standard InChI is InChI=1S/C18H17N3O5S2/c1-25-14-6-4-13(5-7-14)9-19-21-18(22)16-10-27-17(20-16)12-28(23,24)11-15-3-2-8-26-15/h2-10H,11-12H2,1H3,(H,21,22)/b19-9+. The van der Waals surface area contributed by atoms with E-state index >= 15 is 0 Å². The number of methoxy groups -OCH3 is 1. The molecule has 0 fully saturated rings. The van der Waals surface area contributed by atoms with Crippen LogP contribution in [0.3, 0.4) is 0 Å². The Morgan fingerprint density at radius 2 is 2.07 bits per heavy atom. The van der Waals surface area contributed by atoms with Crippen LogP contribution in [-0.2, 0) is 21.3 Å². The number of ether oxygens (including phenoxy) is 1. The third-order valence-corrected chi connectivity index (χ3v) is 6.03. The molecule has 3 rings (SSSR count). The number of nitrogens with one attached hydrogen (secondary N) is 1. The zero-order valence-corrected chi connectivity index (χ0v) is 16.5. The third kappa shape index (κ3) is 5.51. The second kappa shape index (κ2) is 8.81. The Balaban J connectivity index is 1.56. The number of benzene rings is 1. The number of carbonyl (C=O) groups is 1. The van der Waals surface area contributed by atoms with E-state index in [0.717, 1.165) is 22.6 Å². The van der Waals surface area contributed by atoms with Crippen LogP contribution in [0.2, 0.25) is 0 Å². The smallest absolute Gasteiger partial charge is 0.290 e. The van der Waals surface area contributed by atoms with Gasteiger partial charge in [0.05, 0.1) is 19.6 Å². The van der Waals surface area contributed by atoms with Crippen LogP contribution in [-0.4, -0.2) is 32.6 Å². The van der Waals surface area contributed by atoms with Crippen LogP contribution in [0, 0.1) is 0 Å². The lowest BCUT2D eigenvalue weighted by Gasteiger charge is -2.00. The quantitative estimate of drug-likeness (QED) is 0.444. The summed E-state index contributed by atoms with van der Waals surface area (Å²) in [6.45, 7) is 0. The van der Waals surface area contributed by atoms with Crippen molar-refractivity contribution in [3.8, 4) is 5.75 Å². The van der Waals surface area contributed by atoms with Gasteiger partial charge in [-0.1, -0.05) is 0 Å². The van der Waals surface area contributed by atoms with E-state index in [-0.39, 0.29) is 17.2 Å². The molecular formula is C18H17N3O5S2. The lowest BCUT2D eigenvalue weighted by Crippen LogP contribution is -2.18. The Kier molecular flexibility index (Phi) is 6.22. The van der Waals surface area contributed by atoms with Crippen molar-refractivity contribution < 1.29 is 22.4 Å². The number of rotatable bonds is 8. The summed E-state index contributed by atoms with van der Waals surface area (Å²) in [5.41, 5.74) is 3.26. The van der Waals surface area contributed by atoms with E-state index in [1.807, 2.05) is 0 Å². The Morgan fingerprint density at radius 3 is 2.75 bits per heavy atom. The molecule has 0 radical (unpaired) electrons. The molecule has 10 heteroatoms. The Hall–Kier alpha value is -2.98. The number of hydrogen-bond donors (Lipinski definition) is 1. The first-order chi connectivity index (χ1) is 13.4. The van der Waals surface area contributed by atoms with Gasteiger partial charge in [-0.05, 0) is 42.0 Å². The molecule has 1 amide bonds. The average molecular weight is 419 g/mol. The number of aromatic nitrogens is 1. The maximum absolute atomic E-state index is 12.2. The fraction of sp³-hybridized carbons (Fsp3) is 0.167. The van der Waals surface area contributed by atoms with Gasteiger partial charge in [0.25, 0.3) is 5.91 Å². The predicted molar refractivity (Wildman–Crippen MR) is 105 cm³/mol. The number of sulfone groups is 1. The zero-order chi connectivity index (χ0) is 20.0. The maximum Gasteiger partial charge on any atom is 0.290 e. The van der Waals surface area contributed by atoms with Crippen molar-refractivity contribution in [3.63, 3.8) is 0 Å². The number of amides is 1. The first-order valence-corrected chi connectivity index (χ1v) is 10.8. The fourth-order valence-corrected chi connectivity index (χ4v) is 4.75. The molecule has 0 saturated heterocycles. The van der Waals surface area contributed by atoms with Gasteiger partial charge in [0.2, 0.25) is 0 Å². The summed E-state index contributed by atoms with van der Waals surface area (Å²) < 4.78 is 34.5. The molecule has 0 saturated carbocycles. The number of furan rings is 1. The first kappa shape index (κ1) is 19.8. The van der Waals surface area contributed by atoms with Crippen molar-refractivity contribution in [2.24, 2.45) is 5.10 Å². The third-order valence-electron chi connectivity index (χ3n) is 3.57. The van der Waals surface area contributed by atoms with Crippen LogP contribution in [0.1, 0.15) is 26.8 Å². The van der Waals surface area contributed by atoms with Gasteiger partial charge < -0.3 is 9.15 Å². The predicted octanol–water partition coefficient (Wildman–Crippen LogP) is 2.62. The highest BCUT2D eigenvalue weighted by molar-refractivity contribution is 7.89. The molecule has 2 aromatic heterocycles. The summed E-state index contributed by atoms with van der Waals surface area (Å²) in [4.78, 5) is 16.2. The number of thiazole rings is 1. The molecule has 0 aliphatic heterocycles. The first-order valence-electron chi connectivity index (χ1n) is 8.10. The molecule has 28 heavy (non-hydrogen) atoms. The summed E-state index contributed by atoms with van der Waals surface area (Å²) >= 11 is 1.10. The minimum atomic E-state index is -3.45. The van der Waals surface area contributed by atoms with Crippen molar-refractivity contribution in [2.75, 3.05) is 7.11 Å². The van der Waals surface area contributed by atoms with Crippen molar-refractivity contribution in [3.05, 3.63) is 70.1 Å². The molecule has 1 aromatic carbocycles. The lowest BCUT2D eigenvalue weighted by atomic mass is 10.2. The van der Waals surface area contributed by atoms with Crippen LogP contribution in [0.5, 0.6) is 5.75 Å². The second-order valence-electron chi connectivity index (χ2n) is 5.71. The number of hydrogen-bond acceptors (Lipinski definition) is 8. The normalized spacial score (nSPS) is 11.6. The van der Waals surface area contributed by atoms with E-state index < -0.39 is 15.7 Å². The van der Waals surface area contributed by atoms with Gasteiger partial charge in [0.15, 0.2) is 9.84 Å². The molecule has 0 unspecified atom stereocenters. The second-order valence-corrected chi connectivity index (χ2v) is 8.72. The molecule has 3 aromatic rings. The van der Waals surface area contributed by atoms with Crippen LogP contribution < -0.4 is 10.2 Å². The van der Waals surface area contributed by atoms with E-state index in [1.54, 1.807) is 43.5 Å². The van der Waals surface area contributed by atoms with Gasteiger partial charge in [-0.2, -0.15) is 5.10 Å². The SMILES string of the molecule is COc1ccc(/C=N/NC(=O)c2csc(CS(=O)(=O)Cc3ccco3)n2)cc1. The molecule has 0 bridgehead atoms. The van der Waals surface area contributed by atoms with Crippen LogP contribution >= 0.6 is 11.3 Å². The van der Waals surface area contributed by atoms with E-state index in [2.05, 4.69) is 15.5 Å². The van der Waals surface area contributed by atoms with Gasteiger partial charge in [-0.15, -0.1) is 11.3 Å². The Labute approximate surface area is 165 Å². The number of hydrazone groups is 1. The highest BCUT2D eigenvalue weighted by atomic mass is 32.2. The zero-order valence-electron chi connectivity index (χ0n) is 14.9. The van der Waals surface area contributed by atoms with Crippen molar-refractivity contribution >= 4 is 33.3 Å². The van der Waals surface area contributed by atoms with Crippen LogP contribution in [0.4, 0.5) is 0 Å². The topological polar surface area (TPSA) is 111 Å². The maximum atomic E-state index is 12.2. The molecule has 0 aliphatic rings. The Morgan fingerprint density at radius 1 is 1.29 bits per heavy atom. The monoisotopic (exact) mass is 419 g/mol. The summed E-state index contributed by atoms with van der Waals surface area (Å²) in [7, 11) is -1.87. The largest absolute Gasteiger partial charge is 0.497 e. The minimum absolute atomic E-state index is 0.111. The molecule has 2 heterocycles. The molecule has 146 valence electrons. The van der Waals surface area contributed by atoms with E-state index in [9.17, 15) is 13.2 Å². The summed E-state index contributed by atoms with van der Waals surface area (Å²) in [5.74, 6) is 0.0878. The van der Waals surface area contributed by atoms with Crippen molar-refractivity contribution in [1.29, 1.82) is 0 Å². The van der Waals surface area contributed by atoms with Gasteiger partial charge >= 0.3 is 0 Å². The van der Waals surface area contributed by atoms with Crippen LogP contribution in [0.25, 0.3) is 0 Å². The molecule has 8 nitrogen and oxygen atoms in total. The molecule has 0 atom stereocenters. The van der Waals surface area contributed by atoms with Gasteiger partial charge in [0, 0.05) is 5.38 Å². The molecule has 0 aliphatic carbocycles. The minimum Gasteiger partial charge on any atom is -0.497 e. The summed E-state index contributed by atoms with van der Waals surface area (Å²) in [6, 6.07) is 10.4. The highest BCUT2D eigenvalue weighted by Crippen LogP contribution is 2.17. The van der Waals surface area contributed by atoms with Gasteiger partial charge in [0.1, 0.15) is 33.7 Å². The van der Waals surface area contributed by atoms with Gasteiger partial charge in [-0.3, -0.25) is 4.79 Å². The van der Waals surface area contributed by atoms with Gasteiger partial charge in [-0.25, -0.2) is 18.8 Å². The molecule has 0 spiro atoms. The molecule has 1 N–H and O–H groups in total. The van der Waals surface area contributed by atoms with E-state index in [1.165, 1.54) is 17.9 Å². The summed E-state index contributed by atoms with van der Waals surface area (Å²) in [5, 5.41) is 5.70. The van der Waals surface area contributed by atoms with Crippen molar-refractivity contribution in [2.45, 2.75) is 11.5 Å². The summed E-state index contributed by atoms with van der Waals surface area (Å²) in [6.07, 6.45) is 2.90.